The van der Waals surface area contributed by atoms with Crippen LogP contribution in [0.4, 0.5) is 4.79 Å². The molecule has 1 fully saturated rings. The highest BCUT2D eigenvalue weighted by Crippen LogP contribution is 2.18. The van der Waals surface area contributed by atoms with Gasteiger partial charge in [0, 0.05) is 26.7 Å². The number of nitrogens with zero attached hydrogens (tertiary/aromatic N) is 3. The lowest BCUT2D eigenvalue weighted by Crippen LogP contribution is -2.55. The van der Waals surface area contributed by atoms with Crippen molar-refractivity contribution in [3.05, 3.63) is 0 Å². The van der Waals surface area contributed by atoms with Gasteiger partial charge in [-0.05, 0) is 40.3 Å². The van der Waals surface area contributed by atoms with Crippen LogP contribution in [0.25, 0.3) is 0 Å². The zero-order valence-corrected chi connectivity index (χ0v) is 12.5. The summed E-state index contributed by atoms with van der Waals surface area (Å²) in [4.78, 5) is 28.6. The number of rotatable bonds is 4. The monoisotopic (exact) mass is 271 g/mol. The second-order valence-corrected chi connectivity index (χ2v) is 5.86. The lowest BCUT2D eigenvalue weighted by molar-refractivity contribution is -0.147. The average Bonchev–Trinajstić information content (AvgIpc) is 2.72. The highest BCUT2D eigenvalue weighted by molar-refractivity contribution is 5.85. The first-order valence-corrected chi connectivity index (χ1v) is 6.60. The minimum atomic E-state index is -1.20. The Morgan fingerprint density at radius 3 is 2.37 bits per heavy atom. The lowest BCUT2D eigenvalue weighted by Gasteiger charge is -2.36. The molecule has 1 unspecified atom stereocenters. The van der Waals surface area contributed by atoms with Crippen molar-refractivity contribution in [3.63, 3.8) is 0 Å². The SMILES string of the molecule is CN(CC1CCCN1C)C(=O)N(C)C(C)(C)C(=O)O. The second kappa shape index (κ2) is 5.77. The molecule has 2 amide bonds. The number of urea groups is 1. The molecular formula is C13H25N3O3. The van der Waals surface area contributed by atoms with Crippen LogP contribution in [0.15, 0.2) is 0 Å². The Hall–Kier alpha value is -1.30. The fourth-order valence-electron chi connectivity index (χ4n) is 2.24. The van der Waals surface area contributed by atoms with Gasteiger partial charge in [-0.3, -0.25) is 0 Å². The highest BCUT2D eigenvalue weighted by atomic mass is 16.4. The number of carboxylic acids is 1. The van der Waals surface area contributed by atoms with E-state index in [-0.39, 0.29) is 6.03 Å². The van der Waals surface area contributed by atoms with Crippen LogP contribution in [0.1, 0.15) is 26.7 Å². The average molecular weight is 271 g/mol. The summed E-state index contributed by atoms with van der Waals surface area (Å²) in [6.07, 6.45) is 2.24. The molecule has 0 aromatic heterocycles. The van der Waals surface area contributed by atoms with E-state index >= 15 is 0 Å². The molecule has 0 aromatic carbocycles. The maximum atomic E-state index is 12.3. The van der Waals surface area contributed by atoms with Gasteiger partial charge >= 0.3 is 12.0 Å². The molecular weight excluding hydrogens is 246 g/mol. The molecule has 1 atom stereocenters. The Morgan fingerprint density at radius 2 is 1.95 bits per heavy atom. The van der Waals surface area contributed by atoms with Gasteiger partial charge in [-0.25, -0.2) is 9.59 Å². The third-order valence-corrected chi connectivity index (χ3v) is 4.13. The van der Waals surface area contributed by atoms with E-state index in [4.69, 9.17) is 5.11 Å². The Balaban J connectivity index is 2.64. The molecule has 1 aliphatic rings. The first-order valence-electron chi connectivity index (χ1n) is 6.60. The number of carbonyl (C=O) groups excluding carboxylic acids is 1. The van der Waals surface area contributed by atoms with Gasteiger partial charge in [0.2, 0.25) is 0 Å². The van der Waals surface area contributed by atoms with Crippen molar-refractivity contribution >= 4 is 12.0 Å². The molecule has 1 saturated heterocycles. The van der Waals surface area contributed by atoms with Crippen molar-refractivity contribution in [1.29, 1.82) is 0 Å². The normalized spacial score (nSPS) is 20.4. The third-order valence-electron chi connectivity index (χ3n) is 4.13. The van der Waals surface area contributed by atoms with Crippen LogP contribution in [-0.2, 0) is 4.79 Å². The first kappa shape index (κ1) is 15.8. The van der Waals surface area contributed by atoms with Crippen LogP contribution in [0.2, 0.25) is 0 Å². The molecule has 0 aliphatic carbocycles. The fraction of sp³-hybridized carbons (Fsp3) is 0.846. The predicted molar refractivity (Wildman–Crippen MR) is 73.2 cm³/mol. The summed E-state index contributed by atoms with van der Waals surface area (Å²) in [5, 5.41) is 9.15. The molecule has 110 valence electrons. The van der Waals surface area contributed by atoms with Gasteiger partial charge in [-0.15, -0.1) is 0 Å². The molecule has 0 spiro atoms. The van der Waals surface area contributed by atoms with Crippen LogP contribution < -0.4 is 0 Å². The molecule has 1 N–H and O–H groups in total. The van der Waals surface area contributed by atoms with E-state index in [1.165, 1.54) is 25.8 Å². The van der Waals surface area contributed by atoms with Gasteiger partial charge in [-0.2, -0.15) is 0 Å². The summed E-state index contributed by atoms with van der Waals surface area (Å²) in [5.41, 5.74) is -1.20. The summed E-state index contributed by atoms with van der Waals surface area (Å²) in [5.74, 6) is -1.00. The molecule has 6 nitrogen and oxygen atoms in total. The standard InChI is InChI=1S/C13H25N3O3/c1-13(2,11(17)18)16(5)12(19)15(4)9-10-7-6-8-14(10)3/h10H,6-9H2,1-5H3,(H,17,18). The highest BCUT2D eigenvalue weighted by Gasteiger charge is 2.37. The van der Waals surface area contributed by atoms with E-state index in [9.17, 15) is 9.59 Å². The topological polar surface area (TPSA) is 64.1 Å². The van der Waals surface area contributed by atoms with E-state index in [1.807, 2.05) is 0 Å². The van der Waals surface area contributed by atoms with Crippen LogP contribution in [-0.4, -0.2) is 77.6 Å². The van der Waals surface area contributed by atoms with Gasteiger partial charge in [-0.1, -0.05) is 0 Å². The van der Waals surface area contributed by atoms with E-state index in [0.717, 1.165) is 19.4 Å². The largest absolute Gasteiger partial charge is 0.480 e. The summed E-state index contributed by atoms with van der Waals surface area (Å²) in [6, 6.07) is 0.114. The van der Waals surface area contributed by atoms with Crippen molar-refractivity contribution < 1.29 is 14.7 Å². The van der Waals surface area contributed by atoms with E-state index in [1.54, 1.807) is 11.9 Å². The van der Waals surface area contributed by atoms with Crippen molar-refractivity contribution in [3.8, 4) is 0 Å². The van der Waals surface area contributed by atoms with Crippen LogP contribution >= 0.6 is 0 Å². The molecule has 6 heteroatoms. The number of amides is 2. The predicted octanol–water partition coefficient (Wildman–Crippen LogP) is 0.927. The van der Waals surface area contributed by atoms with Gasteiger partial charge < -0.3 is 19.8 Å². The van der Waals surface area contributed by atoms with Crippen molar-refractivity contribution in [1.82, 2.24) is 14.7 Å². The molecule has 1 aliphatic heterocycles. The van der Waals surface area contributed by atoms with E-state index < -0.39 is 11.5 Å². The smallest absolute Gasteiger partial charge is 0.329 e. The van der Waals surface area contributed by atoms with Crippen LogP contribution in [0.5, 0.6) is 0 Å². The van der Waals surface area contributed by atoms with Gasteiger partial charge in [0.15, 0.2) is 0 Å². The van der Waals surface area contributed by atoms with Gasteiger partial charge in [0.05, 0.1) is 0 Å². The number of hydrogen-bond acceptors (Lipinski definition) is 3. The molecule has 0 saturated carbocycles. The molecule has 0 aromatic rings. The van der Waals surface area contributed by atoms with Gasteiger partial charge in [0.1, 0.15) is 5.54 Å². The van der Waals surface area contributed by atoms with Crippen molar-refractivity contribution in [2.75, 3.05) is 34.2 Å². The quantitative estimate of drug-likeness (QED) is 0.826. The maximum Gasteiger partial charge on any atom is 0.329 e. The number of carboxylic acid groups (broad SMARTS) is 1. The first-order chi connectivity index (χ1) is 8.67. The van der Waals surface area contributed by atoms with Crippen LogP contribution in [0.3, 0.4) is 0 Å². The molecule has 19 heavy (non-hydrogen) atoms. The summed E-state index contributed by atoms with van der Waals surface area (Å²) < 4.78 is 0. The zero-order valence-electron chi connectivity index (χ0n) is 12.5. The van der Waals surface area contributed by atoms with Crippen molar-refractivity contribution in [2.24, 2.45) is 0 Å². The molecule has 0 radical (unpaired) electrons. The Kier molecular flexibility index (Phi) is 4.79. The van der Waals surface area contributed by atoms with Gasteiger partial charge in [0.25, 0.3) is 0 Å². The zero-order chi connectivity index (χ0) is 14.8. The molecule has 0 bridgehead atoms. The number of aliphatic carboxylic acids is 1. The summed E-state index contributed by atoms with van der Waals surface area (Å²) in [7, 11) is 5.31. The Morgan fingerprint density at radius 1 is 1.37 bits per heavy atom. The minimum Gasteiger partial charge on any atom is -0.480 e. The molecule has 1 heterocycles. The van der Waals surface area contributed by atoms with E-state index in [0.29, 0.717) is 12.6 Å². The Bertz CT molecular complexity index is 357. The maximum absolute atomic E-state index is 12.3. The van der Waals surface area contributed by atoms with Crippen LogP contribution in [0, 0.1) is 0 Å². The van der Waals surface area contributed by atoms with E-state index in [2.05, 4.69) is 11.9 Å². The number of carbonyl (C=O) groups is 2. The van der Waals surface area contributed by atoms with Crippen molar-refractivity contribution in [2.45, 2.75) is 38.3 Å². The summed E-state index contributed by atoms with van der Waals surface area (Å²) >= 11 is 0. The molecule has 1 rings (SSSR count). The summed E-state index contributed by atoms with van der Waals surface area (Å²) in [6.45, 7) is 4.75. The fourth-order valence-corrected chi connectivity index (χ4v) is 2.24. The number of hydrogen-bond donors (Lipinski definition) is 1. The minimum absolute atomic E-state index is 0.257. The Labute approximate surface area is 115 Å². The number of likely N-dealkylation sites (N-methyl/N-ethyl adjacent to an activating group) is 3. The second-order valence-electron chi connectivity index (χ2n) is 5.86. The third kappa shape index (κ3) is 3.37. The lowest BCUT2D eigenvalue weighted by atomic mass is 10.0. The number of likely N-dealkylation sites (tertiary alicyclic amines) is 1.